The van der Waals surface area contributed by atoms with Gasteiger partial charge in [0.25, 0.3) is 0 Å². The van der Waals surface area contributed by atoms with Crippen LogP contribution in [-0.2, 0) is 4.79 Å². The Morgan fingerprint density at radius 2 is 2.00 bits per heavy atom. The van der Waals surface area contributed by atoms with Gasteiger partial charge in [-0.1, -0.05) is 20.8 Å². The number of nitrogens with one attached hydrogen (secondary N) is 1. The fraction of sp³-hybridized carbons (Fsp3) is 0.917. The minimum Gasteiger partial charge on any atom is -0.353 e. The second-order valence-electron chi connectivity index (χ2n) is 5.73. The molecule has 3 saturated carbocycles. The van der Waals surface area contributed by atoms with Crippen LogP contribution in [0.1, 0.15) is 40.5 Å². The number of carbonyl (C=O) groups excluding carboxylic acids is 1. The SMILES string of the molecule is CC(=O)NC1C2CCC(C)C1C2(C)C. The maximum absolute atomic E-state index is 11.1. The van der Waals surface area contributed by atoms with E-state index in [-0.39, 0.29) is 5.91 Å². The van der Waals surface area contributed by atoms with Crippen molar-refractivity contribution in [2.75, 3.05) is 0 Å². The van der Waals surface area contributed by atoms with Gasteiger partial charge >= 0.3 is 0 Å². The summed E-state index contributed by atoms with van der Waals surface area (Å²) in [5.41, 5.74) is 0.449. The number of rotatable bonds is 1. The average Bonchev–Trinajstić information content (AvgIpc) is 2.01. The van der Waals surface area contributed by atoms with Crippen LogP contribution in [0, 0.1) is 23.2 Å². The van der Waals surface area contributed by atoms with Crippen LogP contribution in [0.2, 0.25) is 0 Å². The van der Waals surface area contributed by atoms with Gasteiger partial charge in [0.15, 0.2) is 0 Å². The number of fused-ring (bicyclic) bond motifs is 2. The quantitative estimate of drug-likeness (QED) is 0.682. The highest BCUT2D eigenvalue weighted by atomic mass is 16.1. The first-order valence-corrected chi connectivity index (χ1v) is 5.71. The van der Waals surface area contributed by atoms with E-state index in [0.29, 0.717) is 23.3 Å². The lowest BCUT2D eigenvalue weighted by atomic mass is 9.43. The third-order valence-corrected chi connectivity index (χ3v) is 4.55. The van der Waals surface area contributed by atoms with Crippen LogP contribution < -0.4 is 5.32 Å². The van der Waals surface area contributed by atoms with Gasteiger partial charge < -0.3 is 5.32 Å². The highest BCUT2D eigenvalue weighted by Crippen LogP contribution is 2.61. The van der Waals surface area contributed by atoms with Gasteiger partial charge in [-0.15, -0.1) is 0 Å². The van der Waals surface area contributed by atoms with E-state index in [0.717, 1.165) is 5.92 Å². The molecule has 3 aliphatic carbocycles. The molecule has 0 heterocycles. The lowest BCUT2D eigenvalue weighted by molar-refractivity contribution is -0.148. The Balaban J connectivity index is 2.13. The standard InChI is InChI=1S/C12H21NO/c1-7-5-6-9-11(13-8(2)14)10(7)12(9,3)4/h7,9-11H,5-6H2,1-4H3,(H,13,14). The van der Waals surface area contributed by atoms with Gasteiger partial charge in [0.2, 0.25) is 5.91 Å². The molecule has 0 aromatic heterocycles. The minimum atomic E-state index is 0.134. The predicted octanol–water partition coefficient (Wildman–Crippen LogP) is 2.19. The van der Waals surface area contributed by atoms with E-state index in [1.54, 1.807) is 6.92 Å². The zero-order chi connectivity index (χ0) is 10.5. The van der Waals surface area contributed by atoms with Crippen LogP contribution in [-0.4, -0.2) is 11.9 Å². The minimum absolute atomic E-state index is 0.134. The molecule has 4 atom stereocenters. The summed E-state index contributed by atoms with van der Waals surface area (Å²) >= 11 is 0. The highest BCUT2D eigenvalue weighted by molar-refractivity contribution is 5.73. The highest BCUT2D eigenvalue weighted by Gasteiger charge is 2.60. The molecule has 1 amide bonds. The van der Waals surface area contributed by atoms with E-state index in [9.17, 15) is 4.79 Å². The Hall–Kier alpha value is -0.530. The van der Waals surface area contributed by atoms with Crippen molar-refractivity contribution in [1.82, 2.24) is 5.32 Å². The smallest absolute Gasteiger partial charge is 0.217 e. The van der Waals surface area contributed by atoms with Crippen molar-refractivity contribution in [3.8, 4) is 0 Å². The zero-order valence-corrected chi connectivity index (χ0v) is 9.63. The first-order valence-electron chi connectivity index (χ1n) is 5.71. The van der Waals surface area contributed by atoms with E-state index in [4.69, 9.17) is 0 Å². The Labute approximate surface area is 86.5 Å². The van der Waals surface area contributed by atoms with Gasteiger partial charge in [-0.25, -0.2) is 0 Å². The second-order valence-corrected chi connectivity index (χ2v) is 5.73. The molecule has 0 aromatic carbocycles. The Morgan fingerprint density at radius 1 is 1.36 bits per heavy atom. The van der Waals surface area contributed by atoms with Crippen LogP contribution in [0.5, 0.6) is 0 Å². The fourth-order valence-corrected chi connectivity index (χ4v) is 3.99. The van der Waals surface area contributed by atoms with Crippen LogP contribution in [0.4, 0.5) is 0 Å². The molecule has 0 radical (unpaired) electrons. The molecule has 2 bridgehead atoms. The first kappa shape index (κ1) is 10.0. The van der Waals surface area contributed by atoms with Crippen molar-refractivity contribution < 1.29 is 4.79 Å². The van der Waals surface area contributed by atoms with Crippen molar-refractivity contribution in [3.05, 3.63) is 0 Å². The maximum atomic E-state index is 11.1. The maximum Gasteiger partial charge on any atom is 0.217 e. The molecular formula is C12H21NO. The Bertz CT molecular complexity index is 259. The van der Waals surface area contributed by atoms with Crippen molar-refractivity contribution >= 4 is 5.91 Å². The van der Waals surface area contributed by atoms with Crippen molar-refractivity contribution in [1.29, 1.82) is 0 Å². The van der Waals surface area contributed by atoms with Gasteiger partial charge in [0.05, 0.1) is 0 Å². The summed E-state index contributed by atoms with van der Waals surface area (Å²) in [4.78, 5) is 11.1. The summed E-state index contributed by atoms with van der Waals surface area (Å²) < 4.78 is 0. The molecule has 2 nitrogen and oxygen atoms in total. The lowest BCUT2D eigenvalue weighted by Crippen LogP contribution is -2.68. The van der Waals surface area contributed by atoms with E-state index in [1.807, 2.05) is 0 Å². The fourth-order valence-electron chi connectivity index (χ4n) is 3.99. The number of hydrogen-bond acceptors (Lipinski definition) is 1. The van der Waals surface area contributed by atoms with Gasteiger partial charge in [-0.2, -0.15) is 0 Å². The third kappa shape index (κ3) is 1.19. The summed E-state index contributed by atoms with van der Waals surface area (Å²) in [6.45, 7) is 8.68. The van der Waals surface area contributed by atoms with Crippen molar-refractivity contribution in [3.63, 3.8) is 0 Å². The van der Waals surface area contributed by atoms with E-state index in [1.165, 1.54) is 12.8 Å². The summed E-state index contributed by atoms with van der Waals surface area (Å²) in [5, 5.41) is 3.13. The molecule has 4 unspecified atom stereocenters. The molecule has 0 aliphatic heterocycles. The van der Waals surface area contributed by atoms with Crippen LogP contribution >= 0.6 is 0 Å². The molecule has 3 aliphatic rings. The van der Waals surface area contributed by atoms with E-state index >= 15 is 0 Å². The van der Waals surface area contributed by atoms with Gasteiger partial charge in [0, 0.05) is 13.0 Å². The molecule has 14 heavy (non-hydrogen) atoms. The molecule has 3 fully saturated rings. The van der Waals surface area contributed by atoms with Crippen molar-refractivity contribution in [2.45, 2.75) is 46.6 Å². The average molecular weight is 195 g/mol. The van der Waals surface area contributed by atoms with Gasteiger partial charge in [-0.3, -0.25) is 4.79 Å². The molecule has 0 saturated heterocycles. The number of amides is 1. The van der Waals surface area contributed by atoms with E-state index < -0.39 is 0 Å². The van der Waals surface area contributed by atoms with Crippen LogP contribution in [0.3, 0.4) is 0 Å². The number of carbonyl (C=O) groups is 1. The second kappa shape index (κ2) is 2.98. The van der Waals surface area contributed by atoms with Gasteiger partial charge in [-0.05, 0) is 36.0 Å². The topological polar surface area (TPSA) is 29.1 Å². The summed E-state index contributed by atoms with van der Waals surface area (Å²) in [7, 11) is 0. The van der Waals surface area contributed by atoms with Crippen LogP contribution in [0.15, 0.2) is 0 Å². The molecule has 0 aromatic rings. The number of hydrogen-bond donors (Lipinski definition) is 1. The zero-order valence-electron chi connectivity index (χ0n) is 9.63. The molecular weight excluding hydrogens is 174 g/mol. The normalized spacial score (nSPS) is 44.0. The lowest BCUT2D eigenvalue weighted by Gasteiger charge is -2.64. The predicted molar refractivity (Wildman–Crippen MR) is 56.8 cm³/mol. The molecule has 2 heteroatoms. The Morgan fingerprint density at radius 3 is 2.43 bits per heavy atom. The largest absolute Gasteiger partial charge is 0.353 e. The molecule has 0 spiro atoms. The van der Waals surface area contributed by atoms with Crippen molar-refractivity contribution in [2.24, 2.45) is 23.2 Å². The molecule has 3 rings (SSSR count). The van der Waals surface area contributed by atoms with Gasteiger partial charge in [0.1, 0.15) is 0 Å². The summed E-state index contributed by atoms with van der Waals surface area (Å²) in [6, 6.07) is 0.464. The van der Waals surface area contributed by atoms with E-state index in [2.05, 4.69) is 26.1 Å². The molecule has 1 N–H and O–H groups in total. The molecule has 80 valence electrons. The summed E-state index contributed by atoms with van der Waals surface area (Å²) in [5.74, 6) is 2.32. The monoisotopic (exact) mass is 195 g/mol. The third-order valence-electron chi connectivity index (χ3n) is 4.55. The first-order chi connectivity index (χ1) is 6.44. The van der Waals surface area contributed by atoms with Crippen LogP contribution in [0.25, 0.3) is 0 Å². The Kier molecular flexibility index (Phi) is 2.13. The summed E-state index contributed by atoms with van der Waals surface area (Å²) in [6.07, 6.45) is 2.63.